The lowest BCUT2D eigenvalue weighted by Gasteiger charge is -2.32. The van der Waals surface area contributed by atoms with E-state index in [0.29, 0.717) is 13.0 Å². The fourth-order valence-electron chi connectivity index (χ4n) is 4.19. The van der Waals surface area contributed by atoms with Gasteiger partial charge in [-0.3, -0.25) is 4.79 Å². The first kappa shape index (κ1) is 17.9. The molecule has 0 unspecified atom stereocenters. The highest BCUT2D eigenvalue weighted by Gasteiger charge is 2.60. The van der Waals surface area contributed by atoms with Gasteiger partial charge in [-0.1, -0.05) is 30.3 Å². The number of hydrogen-bond acceptors (Lipinski definition) is 6. The summed E-state index contributed by atoms with van der Waals surface area (Å²) < 4.78 is 23.5. The molecule has 6 atom stereocenters. The lowest BCUT2D eigenvalue weighted by atomic mass is 10.0. The molecule has 0 radical (unpaired) electrons. The molecule has 0 aliphatic carbocycles. The van der Waals surface area contributed by atoms with Crippen LogP contribution in [-0.4, -0.2) is 65.6 Å². The number of aliphatic hydroxyl groups excluding tert-OH is 1. The zero-order valence-corrected chi connectivity index (χ0v) is 15.2. The van der Waals surface area contributed by atoms with Crippen LogP contribution in [0.4, 0.5) is 0 Å². The Morgan fingerprint density at radius 3 is 2.58 bits per heavy atom. The molecule has 0 spiro atoms. The van der Waals surface area contributed by atoms with E-state index >= 15 is 0 Å². The third-order valence-corrected chi connectivity index (χ3v) is 5.29. The van der Waals surface area contributed by atoms with Crippen molar-refractivity contribution in [3.05, 3.63) is 35.9 Å². The normalized spacial score (nSPS) is 38.8. The molecule has 4 rings (SSSR count). The van der Waals surface area contributed by atoms with E-state index in [0.717, 1.165) is 5.56 Å². The topological polar surface area (TPSA) is 77.5 Å². The van der Waals surface area contributed by atoms with Gasteiger partial charge in [-0.25, -0.2) is 0 Å². The minimum absolute atomic E-state index is 0.280. The fraction of sp³-hybridized carbons (Fsp3) is 0.632. The lowest BCUT2D eigenvalue weighted by Crippen LogP contribution is -2.46. The molecule has 3 fully saturated rings. The first-order chi connectivity index (χ1) is 12.4. The minimum atomic E-state index is -1.03. The summed E-state index contributed by atoms with van der Waals surface area (Å²) in [5.41, 5.74) is 1.00. The number of hydrogen-bond donors (Lipinski definition) is 1. The average molecular weight is 363 g/mol. The van der Waals surface area contributed by atoms with Crippen LogP contribution in [0.2, 0.25) is 0 Å². The summed E-state index contributed by atoms with van der Waals surface area (Å²) in [4.78, 5) is 14.3. The van der Waals surface area contributed by atoms with E-state index in [2.05, 4.69) is 0 Å². The first-order valence-corrected chi connectivity index (χ1v) is 8.96. The summed E-state index contributed by atoms with van der Waals surface area (Å²) in [6.45, 7) is 4.12. The monoisotopic (exact) mass is 363 g/mol. The van der Waals surface area contributed by atoms with Gasteiger partial charge in [-0.05, 0) is 19.4 Å². The Labute approximate surface area is 152 Å². The van der Waals surface area contributed by atoms with Gasteiger partial charge < -0.3 is 29.0 Å². The first-order valence-electron chi connectivity index (χ1n) is 8.96. The molecule has 3 aliphatic heterocycles. The quantitative estimate of drug-likeness (QED) is 0.861. The fourth-order valence-corrected chi connectivity index (χ4v) is 4.19. The van der Waals surface area contributed by atoms with Crippen molar-refractivity contribution in [2.45, 2.75) is 69.3 Å². The molecule has 0 aromatic heterocycles. The Balaban J connectivity index is 1.59. The maximum Gasteiger partial charge on any atom is 0.252 e. The molecule has 3 heterocycles. The average Bonchev–Trinajstić information content (AvgIpc) is 3.19. The third-order valence-electron chi connectivity index (χ3n) is 5.29. The van der Waals surface area contributed by atoms with Crippen LogP contribution < -0.4 is 0 Å². The second kappa shape index (κ2) is 6.58. The summed E-state index contributed by atoms with van der Waals surface area (Å²) >= 11 is 0. The van der Waals surface area contributed by atoms with E-state index in [1.165, 1.54) is 0 Å². The van der Waals surface area contributed by atoms with Crippen molar-refractivity contribution in [1.29, 1.82) is 0 Å². The third kappa shape index (κ3) is 3.04. The highest BCUT2D eigenvalue weighted by atomic mass is 16.8. The minimum Gasteiger partial charge on any atom is -0.383 e. The molecule has 3 aliphatic rings. The van der Waals surface area contributed by atoms with Crippen LogP contribution in [0.3, 0.4) is 0 Å². The van der Waals surface area contributed by atoms with Crippen molar-refractivity contribution in [3.8, 4) is 0 Å². The molecule has 3 saturated heterocycles. The number of carbonyl (C=O) groups excluding carboxylic acids is 1. The summed E-state index contributed by atoms with van der Waals surface area (Å²) in [6, 6.07) is 9.42. The van der Waals surface area contributed by atoms with E-state index in [4.69, 9.17) is 18.9 Å². The molecule has 26 heavy (non-hydrogen) atoms. The van der Waals surface area contributed by atoms with Crippen LogP contribution in [0.15, 0.2) is 30.3 Å². The van der Waals surface area contributed by atoms with E-state index in [1.807, 2.05) is 44.2 Å². The van der Waals surface area contributed by atoms with Gasteiger partial charge in [0.25, 0.3) is 5.91 Å². The van der Waals surface area contributed by atoms with Crippen molar-refractivity contribution < 1.29 is 28.8 Å². The number of aliphatic hydroxyl groups is 1. The molecule has 0 saturated carbocycles. The predicted molar refractivity (Wildman–Crippen MR) is 90.9 cm³/mol. The summed E-state index contributed by atoms with van der Waals surface area (Å²) in [5.74, 6) is -1.02. The van der Waals surface area contributed by atoms with E-state index < -0.39 is 24.3 Å². The maximum absolute atomic E-state index is 12.6. The molecular formula is C19H25NO6. The van der Waals surface area contributed by atoms with E-state index in [1.54, 1.807) is 12.0 Å². The molecule has 7 nitrogen and oxygen atoms in total. The molecule has 142 valence electrons. The van der Waals surface area contributed by atoms with Gasteiger partial charge in [0.15, 0.2) is 12.1 Å². The molecule has 1 aromatic carbocycles. The second-order valence-electron chi connectivity index (χ2n) is 7.54. The van der Waals surface area contributed by atoms with Gasteiger partial charge in [0.05, 0.1) is 6.04 Å². The highest BCUT2D eigenvalue weighted by molar-refractivity contribution is 5.83. The molecule has 0 bridgehead atoms. The second-order valence-corrected chi connectivity index (χ2v) is 7.54. The smallest absolute Gasteiger partial charge is 0.252 e. The van der Waals surface area contributed by atoms with Gasteiger partial charge in [0.2, 0.25) is 0 Å². The summed E-state index contributed by atoms with van der Waals surface area (Å²) in [7, 11) is 1.56. The number of likely N-dealkylation sites (tertiary alicyclic amines) is 1. The Bertz CT molecular complexity index is 665. The van der Waals surface area contributed by atoms with Crippen molar-refractivity contribution in [1.82, 2.24) is 4.90 Å². The van der Waals surface area contributed by atoms with Gasteiger partial charge in [0, 0.05) is 20.1 Å². The number of amides is 1. The Kier molecular flexibility index (Phi) is 4.53. The Hall–Kier alpha value is -1.51. The number of methoxy groups -OCH3 is 1. The predicted octanol–water partition coefficient (Wildman–Crippen LogP) is 1.04. The molecular weight excluding hydrogens is 338 g/mol. The number of fused-ring (bicyclic) bond motifs is 1. The largest absolute Gasteiger partial charge is 0.383 e. The number of nitrogens with zero attached hydrogens (tertiary/aromatic N) is 1. The zero-order chi connectivity index (χ0) is 18.5. The lowest BCUT2D eigenvalue weighted by molar-refractivity contribution is -0.232. The van der Waals surface area contributed by atoms with Crippen LogP contribution in [0.25, 0.3) is 0 Å². The standard InChI is InChI=1S/C19H25NO6/c1-19(2)25-15-14(24-18(23-3)16(15)26-19)12-9-13(21)17(22)20(12)10-11-7-5-4-6-8-11/h4-8,12-16,18,21H,9-10H2,1-3H3/t12-,13-,14+,15-,16-,18-/m0/s1. The number of rotatable bonds is 4. The maximum atomic E-state index is 12.6. The van der Waals surface area contributed by atoms with Gasteiger partial charge in [-0.15, -0.1) is 0 Å². The van der Waals surface area contributed by atoms with Crippen LogP contribution in [-0.2, 0) is 30.3 Å². The number of ether oxygens (including phenoxy) is 4. The van der Waals surface area contributed by atoms with E-state index in [9.17, 15) is 9.90 Å². The molecule has 1 aromatic rings. The van der Waals surface area contributed by atoms with E-state index in [-0.39, 0.29) is 24.2 Å². The summed E-state index contributed by atoms with van der Waals surface area (Å²) in [6.07, 6.45) is -2.40. The number of benzene rings is 1. The van der Waals surface area contributed by atoms with Gasteiger partial charge >= 0.3 is 0 Å². The zero-order valence-electron chi connectivity index (χ0n) is 15.2. The van der Waals surface area contributed by atoms with Crippen LogP contribution in [0, 0.1) is 0 Å². The van der Waals surface area contributed by atoms with Crippen LogP contribution in [0.1, 0.15) is 25.8 Å². The van der Waals surface area contributed by atoms with Crippen LogP contribution >= 0.6 is 0 Å². The number of carbonyl (C=O) groups is 1. The van der Waals surface area contributed by atoms with Crippen LogP contribution in [0.5, 0.6) is 0 Å². The molecule has 7 heteroatoms. The van der Waals surface area contributed by atoms with Crippen molar-refractivity contribution in [2.75, 3.05) is 7.11 Å². The SMILES string of the molecule is CO[C@H]1O[C@H]([C@@H]2C[C@H](O)C(=O)N2Cc2ccccc2)[C@@H]2OC(C)(C)O[C@H]12. The molecule has 1 N–H and O–H groups in total. The van der Waals surface area contributed by atoms with Crippen molar-refractivity contribution in [3.63, 3.8) is 0 Å². The van der Waals surface area contributed by atoms with Crippen molar-refractivity contribution >= 4 is 5.91 Å². The van der Waals surface area contributed by atoms with Gasteiger partial charge in [0.1, 0.15) is 24.4 Å². The Morgan fingerprint density at radius 1 is 1.19 bits per heavy atom. The highest BCUT2D eigenvalue weighted by Crippen LogP contribution is 2.42. The Morgan fingerprint density at radius 2 is 1.88 bits per heavy atom. The van der Waals surface area contributed by atoms with Gasteiger partial charge in [-0.2, -0.15) is 0 Å². The van der Waals surface area contributed by atoms with Crippen molar-refractivity contribution in [2.24, 2.45) is 0 Å². The molecule has 1 amide bonds. The summed E-state index contributed by atoms with van der Waals surface area (Å²) in [5, 5.41) is 10.2.